The Bertz CT molecular complexity index is 499. The van der Waals surface area contributed by atoms with Gasteiger partial charge in [-0.3, -0.25) is 4.79 Å². The summed E-state index contributed by atoms with van der Waals surface area (Å²) in [6.07, 6.45) is 10.1. The minimum absolute atomic E-state index is 0.123. The van der Waals surface area contributed by atoms with Crippen LogP contribution in [-0.2, 0) is 4.79 Å². The summed E-state index contributed by atoms with van der Waals surface area (Å²) in [6.45, 7) is 2.15. The number of hydrogen-bond acceptors (Lipinski definition) is 5. The summed E-state index contributed by atoms with van der Waals surface area (Å²) in [7, 11) is 0. The van der Waals surface area contributed by atoms with Crippen molar-refractivity contribution < 1.29 is 4.79 Å². The molecule has 2 fully saturated rings. The first-order chi connectivity index (χ1) is 10.8. The molecule has 22 heavy (non-hydrogen) atoms. The van der Waals surface area contributed by atoms with Gasteiger partial charge in [0.2, 0.25) is 5.91 Å². The van der Waals surface area contributed by atoms with Crippen LogP contribution >= 0.6 is 11.8 Å². The van der Waals surface area contributed by atoms with Crippen LogP contribution in [0.25, 0.3) is 0 Å². The van der Waals surface area contributed by atoms with E-state index >= 15 is 0 Å². The predicted octanol–water partition coefficient (Wildman–Crippen LogP) is 2.62. The van der Waals surface area contributed by atoms with Crippen LogP contribution in [0.5, 0.6) is 0 Å². The van der Waals surface area contributed by atoms with E-state index in [4.69, 9.17) is 0 Å². The van der Waals surface area contributed by atoms with E-state index < -0.39 is 0 Å². The van der Waals surface area contributed by atoms with Crippen LogP contribution in [0.2, 0.25) is 0 Å². The van der Waals surface area contributed by atoms with E-state index in [2.05, 4.69) is 20.2 Å². The Hall–Kier alpha value is -1.30. The number of amides is 1. The third-order valence-electron chi connectivity index (χ3n) is 4.38. The van der Waals surface area contributed by atoms with Gasteiger partial charge in [-0.25, -0.2) is 9.97 Å². The topological polar surface area (TPSA) is 58.1 Å². The summed E-state index contributed by atoms with van der Waals surface area (Å²) in [5.41, 5.74) is 0. The molecule has 1 aliphatic heterocycles. The lowest BCUT2D eigenvalue weighted by molar-refractivity contribution is -0.119. The molecule has 0 radical (unpaired) electrons. The van der Waals surface area contributed by atoms with Crippen molar-refractivity contribution in [3.8, 4) is 0 Å². The predicted molar refractivity (Wildman–Crippen MR) is 89.2 cm³/mol. The first kappa shape index (κ1) is 15.6. The number of aromatic nitrogens is 2. The molecule has 5 nitrogen and oxygen atoms in total. The summed E-state index contributed by atoms with van der Waals surface area (Å²) >= 11 is 1.50. The van der Waals surface area contributed by atoms with Gasteiger partial charge in [-0.1, -0.05) is 31.0 Å². The molecular formula is C16H24N4OS. The second-order valence-electron chi connectivity index (χ2n) is 6.10. The summed E-state index contributed by atoms with van der Waals surface area (Å²) < 4.78 is 0. The Kier molecular flexibility index (Phi) is 5.53. The zero-order valence-corrected chi connectivity index (χ0v) is 13.8. The zero-order chi connectivity index (χ0) is 15.2. The quantitative estimate of drug-likeness (QED) is 0.667. The molecule has 1 saturated heterocycles. The molecular weight excluding hydrogens is 296 g/mol. The molecule has 2 heterocycles. The average Bonchev–Trinajstić information content (AvgIpc) is 3.09. The highest BCUT2D eigenvalue weighted by Crippen LogP contribution is 2.23. The standard InChI is InChI=1S/C16H24N4OS/c21-15(19-13-6-2-1-3-7-13)11-22-16-10-14(17-12-18-16)20-8-4-5-9-20/h10,12-13H,1-9,11H2,(H,19,21). The molecule has 120 valence electrons. The minimum atomic E-state index is 0.123. The van der Waals surface area contributed by atoms with E-state index in [-0.39, 0.29) is 5.91 Å². The van der Waals surface area contributed by atoms with Gasteiger partial charge in [0.15, 0.2) is 0 Å². The maximum absolute atomic E-state index is 12.0. The zero-order valence-electron chi connectivity index (χ0n) is 13.0. The first-order valence-electron chi connectivity index (χ1n) is 8.30. The van der Waals surface area contributed by atoms with Crippen LogP contribution in [0.1, 0.15) is 44.9 Å². The van der Waals surface area contributed by atoms with Crippen molar-refractivity contribution in [1.82, 2.24) is 15.3 Å². The normalized spacial score (nSPS) is 19.4. The lowest BCUT2D eigenvalue weighted by Gasteiger charge is -2.22. The van der Waals surface area contributed by atoms with Gasteiger partial charge in [-0.2, -0.15) is 0 Å². The molecule has 0 spiro atoms. The number of thioether (sulfide) groups is 1. The maximum Gasteiger partial charge on any atom is 0.230 e. The number of nitrogens with zero attached hydrogens (tertiary/aromatic N) is 3. The van der Waals surface area contributed by atoms with E-state index in [1.807, 2.05) is 6.07 Å². The van der Waals surface area contributed by atoms with E-state index in [1.165, 1.54) is 43.9 Å². The summed E-state index contributed by atoms with van der Waals surface area (Å²) in [5, 5.41) is 4.03. The molecule has 1 saturated carbocycles. The van der Waals surface area contributed by atoms with Gasteiger partial charge in [-0.15, -0.1) is 0 Å². The van der Waals surface area contributed by atoms with Crippen molar-refractivity contribution in [2.75, 3.05) is 23.7 Å². The van der Waals surface area contributed by atoms with E-state index in [0.29, 0.717) is 11.8 Å². The van der Waals surface area contributed by atoms with Crippen molar-refractivity contribution in [1.29, 1.82) is 0 Å². The SMILES string of the molecule is O=C(CSc1cc(N2CCCC2)ncn1)NC1CCCCC1. The van der Waals surface area contributed by atoms with Crippen molar-refractivity contribution in [3.05, 3.63) is 12.4 Å². The molecule has 6 heteroatoms. The van der Waals surface area contributed by atoms with Crippen LogP contribution < -0.4 is 10.2 Å². The molecule has 1 aromatic heterocycles. The average molecular weight is 320 g/mol. The van der Waals surface area contributed by atoms with Crippen LogP contribution in [0.3, 0.4) is 0 Å². The van der Waals surface area contributed by atoms with Crippen molar-refractivity contribution in [2.24, 2.45) is 0 Å². The van der Waals surface area contributed by atoms with Crippen LogP contribution in [0.4, 0.5) is 5.82 Å². The molecule has 1 aliphatic carbocycles. The number of carbonyl (C=O) groups is 1. The van der Waals surface area contributed by atoms with Gasteiger partial charge >= 0.3 is 0 Å². The number of hydrogen-bond donors (Lipinski definition) is 1. The molecule has 3 rings (SSSR count). The van der Waals surface area contributed by atoms with E-state index in [0.717, 1.165) is 36.8 Å². The maximum atomic E-state index is 12.0. The number of anilines is 1. The van der Waals surface area contributed by atoms with Gasteiger partial charge < -0.3 is 10.2 Å². The van der Waals surface area contributed by atoms with Crippen molar-refractivity contribution in [3.63, 3.8) is 0 Å². The van der Waals surface area contributed by atoms with Crippen molar-refractivity contribution >= 4 is 23.5 Å². The molecule has 0 unspecified atom stereocenters. The largest absolute Gasteiger partial charge is 0.356 e. The Morgan fingerprint density at radius 2 is 1.95 bits per heavy atom. The molecule has 0 aromatic carbocycles. The molecule has 2 aliphatic rings. The van der Waals surface area contributed by atoms with Crippen molar-refractivity contribution in [2.45, 2.75) is 56.0 Å². The molecule has 1 amide bonds. The van der Waals surface area contributed by atoms with Gasteiger partial charge in [0, 0.05) is 25.2 Å². The summed E-state index contributed by atoms with van der Waals surface area (Å²) in [4.78, 5) is 22.9. The number of rotatable bonds is 5. The molecule has 1 N–H and O–H groups in total. The lowest BCUT2D eigenvalue weighted by Crippen LogP contribution is -2.37. The summed E-state index contributed by atoms with van der Waals surface area (Å²) in [5.74, 6) is 1.55. The number of carbonyl (C=O) groups excluding carboxylic acids is 1. The fraction of sp³-hybridized carbons (Fsp3) is 0.688. The third-order valence-corrected chi connectivity index (χ3v) is 5.30. The third kappa shape index (κ3) is 4.35. The van der Waals surface area contributed by atoms with Crippen LogP contribution in [-0.4, -0.2) is 40.8 Å². The smallest absolute Gasteiger partial charge is 0.230 e. The highest BCUT2D eigenvalue weighted by atomic mass is 32.2. The van der Waals surface area contributed by atoms with Crippen LogP contribution in [0, 0.1) is 0 Å². The highest BCUT2D eigenvalue weighted by molar-refractivity contribution is 7.99. The Labute approximate surface area is 136 Å². The highest BCUT2D eigenvalue weighted by Gasteiger charge is 2.17. The number of nitrogens with one attached hydrogen (secondary N) is 1. The molecule has 0 atom stereocenters. The van der Waals surface area contributed by atoms with E-state index in [1.54, 1.807) is 6.33 Å². The van der Waals surface area contributed by atoms with Crippen LogP contribution in [0.15, 0.2) is 17.4 Å². The fourth-order valence-electron chi connectivity index (χ4n) is 3.18. The fourth-order valence-corrected chi connectivity index (χ4v) is 3.86. The second-order valence-corrected chi connectivity index (χ2v) is 7.10. The monoisotopic (exact) mass is 320 g/mol. The van der Waals surface area contributed by atoms with Gasteiger partial charge in [-0.05, 0) is 25.7 Å². The Morgan fingerprint density at radius 1 is 1.18 bits per heavy atom. The Balaban J connectivity index is 1.48. The molecule has 0 bridgehead atoms. The second kappa shape index (κ2) is 7.81. The lowest BCUT2D eigenvalue weighted by atomic mass is 9.95. The first-order valence-corrected chi connectivity index (χ1v) is 9.29. The minimum Gasteiger partial charge on any atom is -0.356 e. The van der Waals surface area contributed by atoms with Gasteiger partial charge in [0.1, 0.15) is 17.2 Å². The van der Waals surface area contributed by atoms with Gasteiger partial charge in [0.25, 0.3) is 0 Å². The molecule has 1 aromatic rings. The Morgan fingerprint density at radius 3 is 2.73 bits per heavy atom. The van der Waals surface area contributed by atoms with E-state index in [9.17, 15) is 4.79 Å². The van der Waals surface area contributed by atoms with Gasteiger partial charge in [0.05, 0.1) is 5.75 Å². The summed E-state index contributed by atoms with van der Waals surface area (Å²) in [6, 6.07) is 2.39.